The zero-order valence-corrected chi connectivity index (χ0v) is 11.3. The first-order chi connectivity index (χ1) is 7.99. The molecule has 2 rings (SSSR count). The fraction of sp³-hybridized carbons (Fsp3) is 0.333. The number of hydrogen-bond acceptors (Lipinski definition) is 4. The summed E-state index contributed by atoms with van der Waals surface area (Å²) in [5.74, 6) is -0.151. The third kappa shape index (κ3) is 2.79. The summed E-state index contributed by atoms with van der Waals surface area (Å²) in [5, 5.41) is 10.00. The van der Waals surface area contributed by atoms with Gasteiger partial charge in [0.1, 0.15) is 9.75 Å². The highest BCUT2D eigenvalue weighted by molar-refractivity contribution is 8.00. The SMILES string of the molecule is CC(C)(SCc1nc2ccccc2s1)C(=O)O. The van der Waals surface area contributed by atoms with Crippen molar-refractivity contribution in [3.05, 3.63) is 29.3 Å². The highest BCUT2D eigenvalue weighted by atomic mass is 32.2. The predicted molar refractivity (Wildman–Crippen MR) is 72.6 cm³/mol. The van der Waals surface area contributed by atoms with Crippen LogP contribution >= 0.6 is 23.1 Å². The Morgan fingerprint density at radius 2 is 2.18 bits per heavy atom. The monoisotopic (exact) mass is 267 g/mol. The molecule has 0 atom stereocenters. The number of carbonyl (C=O) groups is 1. The summed E-state index contributed by atoms with van der Waals surface area (Å²) in [6.07, 6.45) is 0. The Hall–Kier alpha value is -1.07. The lowest BCUT2D eigenvalue weighted by Gasteiger charge is -2.17. The number of thioether (sulfide) groups is 1. The van der Waals surface area contributed by atoms with Crippen molar-refractivity contribution in [1.29, 1.82) is 0 Å². The normalized spacial score (nSPS) is 11.9. The molecule has 1 aromatic carbocycles. The smallest absolute Gasteiger partial charge is 0.319 e. The molecule has 0 aliphatic carbocycles. The van der Waals surface area contributed by atoms with Crippen LogP contribution < -0.4 is 0 Å². The number of thiazole rings is 1. The zero-order chi connectivity index (χ0) is 12.5. The molecule has 0 saturated heterocycles. The Kier molecular flexibility index (Phi) is 3.40. The highest BCUT2D eigenvalue weighted by Crippen LogP contribution is 2.31. The Labute approximate surface area is 108 Å². The fourth-order valence-corrected chi connectivity index (χ4v) is 3.13. The molecule has 0 spiro atoms. The van der Waals surface area contributed by atoms with Gasteiger partial charge in [0.05, 0.1) is 10.2 Å². The number of para-hydroxylation sites is 1. The van der Waals surface area contributed by atoms with Crippen LogP contribution in [-0.2, 0) is 10.5 Å². The molecule has 1 aromatic heterocycles. The first kappa shape index (κ1) is 12.4. The van der Waals surface area contributed by atoms with E-state index in [4.69, 9.17) is 5.11 Å². The van der Waals surface area contributed by atoms with E-state index >= 15 is 0 Å². The molecule has 0 aliphatic rings. The number of fused-ring (bicyclic) bond motifs is 1. The van der Waals surface area contributed by atoms with E-state index in [0.29, 0.717) is 5.75 Å². The van der Waals surface area contributed by atoms with Gasteiger partial charge in [0.2, 0.25) is 0 Å². The maximum absolute atomic E-state index is 11.0. The van der Waals surface area contributed by atoms with Gasteiger partial charge in [-0.05, 0) is 26.0 Å². The van der Waals surface area contributed by atoms with Crippen molar-refractivity contribution >= 4 is 39.3 Å². The third-order valence-electron chi connectivity index (χ3n) is 2.41. The van der Waals surface area contributed by atoms with Gasteiger partial charge in [-0.2, -0.15) is 0 Å². The molecule has 0 aliphatic heterocycles. The fourth-order valence-electron chi connectivity index (χ4n) is 1.29. The maximum Gasteiger partial charge on any atom is 0.319 e. The molecule has 5 heteroatoms. The van der Waals surface area contributed by atoms with Crippen molar-refractivity contribution < 1.29 is 9.90 Å². The predicted octanol–water partition coefficient (Wildman–Crippen LogP) is 3.39. The first-order valence-electron chi connectivity index (χ1n) is 5.21. The molecule has 90 valence electrons. The van der Waals surface area contributed by atoms with E-state index in [1.807, 2.05) is 24.3 Å². The molecular formula is C12H13NO2S2. The molecule has 0 fully saturated rings. The van der Waals surface area contributed by atoms with Crippen LogP contribution in [0.5, 0.6) is 0 Å². The summed E-state index contributed by atoms with van der Waals surface area (Å²) in [6.45, 7) is 3.43. The topological polar surface area (TPSA) is 50.2 Å². The Morgan fingerprint density at radius 1 is 1.47 bits per heavy atom. The third-order valence-corrected chi connectivity index (χ3v) is 4.94. The lowest BCUT2D eigenvalue weighted by molar-refractivity contribution is -0.138. The molecule has 17 heavy (non-hydrogen) atoms. The molecule has 0 unspecified atom stereocenters. The highest BCUT2D eigenvalue weighted by Gasteiger charge is 2.27. The van der Waals surface area contributed by atoms with Gasteiger partial charge in [0.25, 0.3) is 0 Å². The van der Waals surface area contributed by atoms with Gasteiger partial charge in [-0.3, -0.25) is 4.79 Å². The zero-order valence-electron chi connectivity index (χ0n) is 9.64. The van der Waals surface area contributed by atoms with Gasteiger partial charge in [-0.15, -0.1) is 23.1 Å². The van der Waals surface area contributed by atoms with E-state index in [1.165, 1.54) is 11.8 Å². The Balaban J connectivity index is 2.12. The molecule has 2 aromatic rings. The van der Waals surface area contributed by atoms with E-state index < -0.39 is 10.7 Å². The number of carboxylic acid groups (broad SMARTS) is 1. The van der Waals surface area contributed by atoms with Crippen LogP contribution in [0.2, 0.25) is 0 Å². The summed E-state index contributed by atoms with van der Waals surface area (Å²) in [6, 6.07) is 7.95. The van der Waals surface area contributed by atoms with Crippen molar-refractivity contribution in [3.63, 3.8) is 0 Å². The second kappa shape index (κ2) is 4.66. The van der Waals surface area contributed by atoms with Gasteiger partial charge < -0.3 is 5.11 Å². The van der Waals surface area contributed by atoms with Gasteiger partial charge in [0, 0.05) is 5.75 Å². The molecule has 0 saturated carbocycles. The lowest BCUT2D eigenvalue weighted by Crippen LogP contribution is -2.27. The van der Waals surface area contributed by atoms with Crippen LogP contribution in [0.25, 0.3) is 10.2 Å². The number of aliphatic carboxylic acids is 1. The largest absolute Gasteiger partial charge is 0.480 e. The minimum Gasteiger partial charge on any atom is -0.480 e. The van der Waals surface area contributed by atoms with E-state index in [0.717, 1.165) is 15.2 Å². The summed E-state index contributed by atoms with van der Waals surface area (Å²) in [7, 11) is 0. The molecule has 3 nitrogen and oxygen atoms in total. The van der Waals surface area contributed by atoms with Crippen LogP contribution in [-0.4, -0.2) is 20.8 Å². The summed E-state index contributed by atoms with van der Waals surface area (Å²) < 4.78 is 0.383. The van der Waals surface area contributed by atoms with Crippen molar-refractivity contribution in [3.8, 4) is 0 Å². The molecule has 1 heterocycles. The van der Waals surface area contributed by atoms with E-state index in [9.17, 15) is 4.79 Å². The maximum atomic E-state index is 11.0. The summed E-state index contributed by atoms with van der Waals surface area (Å²) in [5.41, 5.74) is 0.987. The number of aromatic nitrogens is 1. The number of rotatable bonds is 4. The minimum atomic E-state index is -0.788. The second-order valence-corrected chi connectivity index (χ2v) is 6.89. The van der Waals surface area contributed by atoms with Gasteiger partial charge in [0.15, 0.2) is 0 Å². The molecular weight excluding hydrogens is 254 g/mol. The Morgan fingerprint density at radius 3 is 2.82 bits per heavy atom. The number of carboxylic acids is 1. The van der Waals surface area contributed by atoms with E-state index in [1.54, 1.807) is 25.2 Å². The average Bonchev–Trinajstić information content (AvgIpc) is 2.69. The van der Waals surface area contributed by atoms with Gasteiger partial charge in [-0.1, -0.05) is 12.1 Å². The average molecular weight is 267 g/mol. The minimum absolute atomic E-state index is 0.638. The Bertz CT molecular complexity index is 515. The van der Waals surface area contributed by atoms with Crippen molar-refractivity contribution in [2.45, 2.75) is 24.3 Å². The van der Waals surface area contributed by atoms with Gasteiger partial charge in [-0.25, -0.2) is 4.98 Å². The van der Waals surface area contributed by atoms with Crippen LogP contribution in [0.3, 0.4) is 0 Å². The van der Waals surface area contributed by atoms with E-state index in [-0.39, 0.29) is 0 Å². The van der Waals surface area contributed by atoms with Crippen LogP contribution in [0.1, 0.15) is 18.9 Å². The number of benzene rings is 1. The number of nitrogens with zero attached hydrogens (tertiary/aromatic N) is 1. The van der Waals surface area contributed by atoms with Crippen molar-refractivity contribution in [2.75, 3.05) is 0 Å². The van der Waals surface area contributed by atoms with Crippen LogP contribution in [0.4, 0.5) is 0 Å². The standard InChI is InChI=1S/C12H13NO2S2/c1-12(2,11(14)15)16-7-10-13-8-5-3-4-6-9(8)17-10/h3-6H,7H2,1-2H3,(H,14,15). The lowest BCUT2D eigenvalue weighted by atomic mass is 10.2. The second-order valence-electron chi connectivity index (χ2n) is 4.18. The van der Waals surface area contributed by atoms with Crippen LogP contribution in [0.15, 0.2) is 24.3 Å². The molecule has 0 radical (unpaired) electrons. The molecule has 1 N–H and O–H groups in total. The van der Waals surface area contributed by atoms with Crippen molar-refractivity contribution in [2.24, 2.45) is 0 Å². The quantitative estimate of drug-likeness (QED) is 0.922. The van der Waals surface area contributed by atoms with Crippen molar-refractivity contribution in [1.82, 2.24) is 4.98 Å². The van der Waals surface area contributed by atoms with Crippen LogP contribution in [0, 0.1) is 0 Å². The molecule has 0 bridgehead atoms. The summed E-state index contributed by atoms with van der Waals surface area (Å²) >= 11 is 3.03. The van der Waals surface area contributed by atoms with E-state index in [2.05, 4.69) is 4.98 Å². The number of hydrogen-bond donors (Lipinski definition) is 1. The molecule has 0 amide bonds. The first-order valence-corrected chi connectivity index (χ1v) is 7.01. The summed E-state index contributed by atoms with van der Waals surface area (Å²) in [4.78, 5) is 15.5. The van der Waals surface area contributed by atoms with Gasteiger partial charge >= 0.3 is 5.97 Å².